The molecule has 0 aliphatic carbocycles. The summed E-state index contributed by atoms with van der Waals surface area (Å²) < 4.78 is 0. The van der Waals surface area contributed by atoms with Crippen molar-refractivity contribution in [2.75, 3.05) is 19.6 Å². The second-order valence-corrected chi connectivity index (χ2v) is 6.40. The molecule has 2 rings (SSSR count). The van der Waals surface area contributed by atoms with E-state index in [0.717, 1.165) is 30.8 Å². The molecule has 1 unspecified atom stereocenters. The molecule has 1 fully saturated rings. The van der Waals surface area contributed by atoms with Gasteiger partial charge in [0, 0.05) is 31.2 Å². The number of nitrogens with zero attached hydrogens (tertiary/aromatic N) is 1. The lowest BCUT2D eigenvalue weighted by Gasteiger charge is -2.33. The molecule has 0 aromatic heterocycles. The van der Waals surface area contributed by atoms with Crippen LogP contribution < -0.4 is 5.32 Å². The number of hydrogen-bond donors (Lipinski definition) is 1. The van der Waals surface area contributed by atoms with Crippen LogP contribution in [0.15, 0.2) is 24.3 Å². The third-order valence-corrected chi connectivity index (χ3v) is 3.62. The van der Waals surface area contributed by atoms with E-state index in [1.54, 1.807) is 0 Å². The fraction of sp³-hybridized carbons (Fsp3) is 0.562. The van der Waals surface area contributed by atoms with Gasteiger partial charge in [-0.05, 0) is 24.0 Å². The van der Waals surface area contributed by atoms with Crippen LogP contribution in [0.1, 0.15) is 43.6 Å². The molecule has 104 valence electrons. The van der Waals surface area contributed by atoms with Crippen molar-refractivity contribution in [1.29, 1.82) is 0 Å². The number of amides is 1. The molecule has 1 aromatic carbocycles. The molecule has 1 amide bonds. The zero-order valence-electron chi connectivity index (χ0n) is 12.4. The van der Waals surface area contributed by atoms with Crippen molar-refractivity contribution in [2.45, 2.75) is 39.2 Å². The topological polar surface area (TPSA) is 32.3 Å². The Kier molecular flexibility index (Phi) is 3.95. The normalized spacial score (nSPS) is 20.4. The number of carbonyl (C=O) groups excluding carboxylic acids is 1. The smallest absolute Gasteiger partial charge is 0.254 e. The molecule has 1 aliphatic rings. The molecule has 1 heterocycles. The summed E-state index contributed by atoms with van der Waals surface area (Å²) in [7, 11) is 0. The van der Waals surface area contributed by atoms with E-state index >= 15 is 0 Å². The van der Waals surface area contributed by atoms with Crippen LogP contribution in [0, 0.1) is 0 Å². The van der Waals surface area contributed by atoms with E-state index in [0.29, 0.717) is 6.04 Å². The molecule has 1 atom stereocenters. The first-order valence-corrected chi connectivity index (χ1v) is 7.02. The quantitative estimate of drug-likeness (QED) is 0.841. The summed E-state index contributed by atoms with van der Waals surface area (Å²) in [6.45, 7) is 11.0. The molecule has 0 saturated carbocycles. The Morgan fingerprint density at radius 3 is 2.63 bits per heavy atom. The van der Waals surface area contributed by atoms with Gasteiger partial charge >= 0.3 is 0 Å². The van der Waals surface area contributed by atoms with Crippen LogP contribution in [-0.2, 0) is 5.41 Å². The highest BCUT2D eigenvalue weighted by molar-refractivity contribution is 5.96. The molecule has 1 N–H and O–H groups in total. The van der Waals surface area contributed by atoms with Crippen molar-refractivity contribution in [1.82, 2.24) is 10.2 Å². The average Bonchev–Trinajstić information content (AvgIpc) is 2.37. The van der Waals surface area contributed by atoms with Crippen molar-refractivity contribution in [3.63, 3.8) is 0 Å². The molecule has 0 spiro atoms. The van der Waals surface area contributed by atoms with Crippen LogP contribution >= 0.6 is 0 Å². The van der Waals surface area contributed by atoms with Crippen LogP contribution in [0.5, 0.6) is 0 Å². The molecular formula is C16H24N2O. The van der Waals surface area contributed by atoms with Gasteiger partial charge in [0.05, 0.1) is 0 Å². The number of carbonyl (C=O) groups is 1. The number of piperazine rings is 1. The van der Waals surface area contributed by atoms with Gasteiger partial charge in [-0.15, -0.1) is 0 Å². The van der Waals surface area contributed by atoms with Crippen LogP contribution in [0.25, 0.3) is 0 Å². The molecule has 19 heavy (non-hydrogen) atoms. The Labute approximate surface area is 116 Å². The molecule has 3 heteroatoms. The van der Waals surface area contributed by atoms with E-state index in [1.807, 2.05) is 23.1 Å². The van der Waals surface area contributed by atoms with Crippen molar-refractivity contribution in [3.05, 3.63) is 35.4 Å². The van der Waals surface area contributed by atoms with Gasteiger partial charge < -0.3 is 10.2 Å². The zero-order valence-corrected chi connectivity index (χ0v) is 12.4. The standard InChI is InChI=1S/C16H24N2O/c1-12-11-18(10-9-17-12)15(19)13-7-5-6-8-14(13)16(2,3)4/h5-8,12,17H,9-11H2,1-4H3. The Morgan fingerprint density at radius 1 is 1.32 bits per heavy atom. The van der Waals surface area contributed by atoms with Gasteiger partial charge in [-0.1, -0.05) is 39.0 Å². The minimum atomic E-state index is -0.00803. The number of hydrogen-bond acceptors (Lipinski definition) is 2. The van der Waals surface area contributed by atoms with Crippen LogP contribution in [0.2, 0.25) is 0 Å². The first-order chi connectivity index (χ1) is 8.89. The molecule has 1 aliphatic heterocycles. The Balaban J connectivity index is 2.29. The van der Waals surface area contributed by atoms with E-state index < -0.39 is 0 Å². The molecule has 1 saturated heterocycles. The summed E-state index contributed by atoms with van der Waals surface area (Å²) in [5.41, 5.74) is 1.97. The Hall–Kier alpha value is -1.35. The molecular weight excluding hydrogens is 236 g/mol. The highest BCUT2D eigenvalue weighted by Gasteiger charge is 2.26. The third kappa shape index (κ3) is 3.16. The lowest BCUT2D eigenvalue weighted by Crippen LogP contribution is -2.51. The lowest BCUT2D eigenvalue weighted by molar-refractivity contribution is 0.0706. The van der Waals surface area contributed by atoms with Gasteiger partial charge in [0.2, 0.25) is 0 Å². The third-order valence-electron chi connectivity index (χ3n) is 3.62. The van der Waals surface area contributed by atoms with Gasteiger partial charge in [-0.3, -0.25) is 4.79 Å². The van der Waals surface area contributed by atoms with Gasteiger partial charge in [0.25, 0.3) is 5.91 Å². The first-order valence-electron chi connectivity index (χ1n) is 7.02. The summed E-state index contributed by atoms with van der Waals surface area (Å²) in [6.07, 6.45) is 0. The van der Waals surface area contributed by atoms with Crippen molar-refractivity contribution in [3.8, 4) is 0 Å². The predicted molar refractivity (Wildman–Crippen MR) is 78.5 cm³/mol. The molecule has 1 aromatic rings. The van der Waals surface area contributed by atoms with E-state index in [4.69, 9.17) is 0 Å². The SMILES string of the molecule is CC1CN(C(=O)c2ccccc2C(C)(C)C)CCN1. The van der Waals surface area contributed by atoms with Gasteiger partial charge in [0.15, 0.2) is 0 Å². The number of nitrogens with one attached hydrogen (secondary N) is 1. The van der Waals surface area contributed by atoms with Crippen LogP contribution in [0.4, 0.5) is 0 Å². The van der Waals surface area contributed by atoms with Crippen molar-refractivity contribution in [2.24, 2.45) is 0 Å². The lowest BCUT2D eigenvalue weighted by atomic mass is 9.83. The zero-order chi connectivity index (χ0) is 14.0. The highest BCUT2D eigenvalue weighted by atomic mass is 16.2. The maximum Gasteiger partial charge on any atom is 0.254 e. The molecule has 3 nitrogen and oxygen atoms in total. The maximum atomic E-state index is 12.7. The molecule has 0 bridgehead atoms. The van der Waals surface area contributed by atoms with Crippen LogP contribution in [0.3, 0.4) is 0 Å². The summed E-state index contributed by atoms with van der Waals surface area (Å²) in [4.78, 5) is 14.7. The van der Waals surface area contributed by atoms with Crippen LogP contribution in [-0.4, -0.2) is 36.5 Å². The summed E-state index contributed by atoms with van der Waals surface area (Å²) >= 11 is 0. The van der Waals surface area contributed by atoms with E-state index in [-0.39, 0.29) is 11.3 Å². The largest absolute Gasteiger partial charge is 0.336 e. The first kappa shape index (κ1) is 14.1. The Morgan fingerprint density at radius 2 is 2.00 bits per heavy atom. The van der Waals surface area contributed by atoms with Crippen molar-refractivity contribution >= 4 is 5.91 Å². The van der Waals surface area contributed by atoms with E-state index in [2.05, 4.69) is 39.1 Å². The Bertz CT molecular complexity index is 462. The summed E-state index contributed by atoms with van der Waals surface area (Å²) in [6, 6.07) is 8.36. The highest BCUT2D eigenvalue weighted by Crippen LogP contribution is 2.26. The van der Waals surface area contributed by atoms with Gasteiger partial charge in [-0.25, -0.2) is 0 Å². The second kappa shape index (κ2) is 5.33. The fourth-order valence-corrected chi connectivity index (χ4v) is 2.61. The summed E-state index contributed by atoms with van der Waals surface area (Å²) in [5.74, 6) is 0.166. The van der Waals surface area contributed by atoms with Gasteiger partial charge in [-0.2, -0.15) is 0 Å². The van der Waals surface area contributed by atoms with Gasteiger partial charge in [0.1, 0.15) is 0 Å². The predicted octanol–water partition coefficient (Wildman–Crippen LogP) is 2.42. The fourth-order valence-electron chi connectivity index (χ4n) is 2.61. The second-order valence-electron chi connectivity index (χ2n) is 6.40. The monoisotopic (exact) mass is 260 g/mol. The minimum absolute atomic E-state index is 0.00803. The number of benzene rings is 1. The average molecular weight is 260 g/mol. The number of rotatable bonds is 1. The molecule has 0 radical (unpaired) electrons. The van der Waals surface area contributed by atoms with E-state index in [1.165, 1.54) is 0 Å². The van der Waals surface area contributed by atoms with E-state index in [9.17, 15) is 4.79 Å². The summed E-state index contributed by atoms with van der Waals surface area (Å²) in [5, 5.41) is 3.37. The minimum Gasteiger partial charge on any atom is -0.336 e. The van der Waals surface area contributed by atoms with Crippen molar-refractivity contribution < 1.29 is 4.79 Å². The maximum absolute atomic E-state index is 12.7.